The number of hydrogen-bond acceptors (Lipinski definition) is 9. The molecule has 306 valence electrons. The van der Waals surface area contributed by atoms with Crippen LogP contribution in [0.4, 0.5) is 0 Å². The molecule has 0 aliphatic carbocycles. The SMILES string of the molecule is C=CCCCCCCCCCCCCCCCC(=O)O[C@H](COC(=O)CCCC/C=C/C/C=C/C/C=C/C/C=C/CC)COP(=O)(O)OC[C@@H](O)CO. The molecule has 0 saturated carbocycles. The highest BCUT2D eigenvalue weighted by Gasteiger charge is 2.27. The molecule has 0 bridgehead atoms. The molecular weight excluding hydrogens is 695 g/mol. The van der Waals surface area contributed by atoms with Crippen molar-refractivity contribution in [2.75, 3.05) is 26.4 Å². The second kappa shape index (κ2) is 38.0. The van der Waals surface area contributed by atoms with Gasteiger partial charge in [0.1, 0.15) is 12.7 Å². The number of carbonyl (C=O) groups is 2. The Labute approximate surface area is 321 Å². The van der Waals surface area contributed by atoms with Gasteiger partial charge in [0, 0.05) is 12.8 Å². The summed E-state index contributed by atoms with van der Waals surface area (Å²) in [5.74, 6) is -0.980. The van der Waals surface area contributed by atoms with Gasteiger partial charge in [0.2, 0.25) is 0 Å². The van der Waals surface area contributed by atoms with E-state index in [9.17, 15) is 24.2 Å². The van der Waals surface area contributed by atoms with Crippen molar-refractivity contribution < 1.29 is 47.8 Å². The maximum Gasteiger partial charge on any atom is 0.472 e. The number of ether oxygens (including phenoxy) is 2. The number of allylic oxidation sites excluding steroid dienone is 9. The summed E-state index contributed by atoms with van der Waals surface area (Å²) < 4.78 is 32.6. The minimum atomic E-state index is -4.63. The van der Waals surface area contributed by atoms with Gasteiger partial charge in [-0.25, -0.2) is 4.57 Å². The van der Waals surface area contributed by atoms with Gasteiger partial charge in [-0.05, 0) is 64.2 Å². The molecule has 0 saturated heterocycles. The zero-order valence-corrected chi connectivity index (χ0v) is 33.7. The summed E-state index contributed by atoms with van der Waals surface area (Å²) in [7, 11) is -4.63. The number of phosphoric ester groups is 1. The van der Waals surface area contributed by atoms with Crippen molar-refractivity contribution in [2.24, 2.45) is 0 Å². The second-order valence-corrected chi connectivity index (χ2v) is 14.8. The predicted octanol–water partition coefficient (Wildman–Crippen LogP) is 10.3. The molecule has 0 aromatic rings. The number of hydrogen-bond donors (Lipinski definition) is 3. The third-order valence-corrected chi connectivity index (χ3v) is 9.25. The molecular formula is C42H73O10P. The first-order valence-corrected chi connectivity index (χ1v) is 21.7. The van der Waals surface area contributed by atoms with Gasteiger partial charge in [-0.1, -0.05) is 132 Å². The van der Waals surface area contributed by atoms with E-state index < -0.39 is 51.8 Å². The molecule has 3 atom stereocenters. The summed E-state index contributed by atoms with van der Waals surface area (Å²) in [5, 5.41) is 18.3. The molecule has 10 nitrogen and oxygen atoms in total. The zero-order valence-electron chi connectivity index (χ0n) is 32.8. The van der Waals surface area contributed by atoms with Crippen LogP contribution in [0.1, 0.15) is 155 Å². The van der Waals surface area contributed by atoms with Crippen LogP contribution in [0.5, 0.6) is 0 Å². The lowest BCUT2D eigenvalue weighted by molar-refractivity contribution is -0.161. The van der Waals surface area contributed by atoms with E-state index in [1.54, 1.807) is 0 Å². The monoisotopic (exact) mass is 768 g/mol. The molecule has 0 spiro atoms. The molecule has 0 aromatic carbocycles. The third-order valence-electron chi connectivity index (χ3n) is 8.30. The second-order valence-electron chi connectivity index (χ2n) is 13.4. The quantitative estimate of drug-likeness (QED) is 0.0240. The smallest absolute Gasteiger partial charge is 0.462 e. The van der Waals surface area contributed by atoms with Crippen LogP contribution in [0.25, 0.3) is 0 Å². The minimum Gasteiger partial charge on any atom is -0.462 e. The molecule has 0 amide bonds. The minimum absolute atomic E-state index is 0.171. The summed E-state index contributed by atoms with van der Waals surface area (Å²) in [6.07, 6.45) is 39.4. The van der Waals surface area contributed by atoms with E-state index in [0.717, 1.165) is 64.2 Å². The summed E-state index contributed by atoms with van der Waals surface area (Å²) in [5.41, 5.74) is 0. The van der Waals surface area contributed by atoms with Gasteiger partial charge in [0.25, 0.3) is 0 Å². The Morgan fingerprint density at radius 1 is 0.623 bits per heavy atom. The highest BCUT2D eigenvalue weighted by atomic mass is 31.2. The Morgan fingerprint density at radius 2 is 1.08 bits per heavy atom. The van der Waals surface area contributed by atoms with Crippen molar-refractivity contribution in [3.05, 3.63) is 61.3 Å². The van der Waals surface area contributed by atoms with Crippen molar-refractivity contribution in [1.29, 1.82) is 0 Å². The summed E-state index contributed by atoms with van der Waals surface area (Å²) in [6, 6.07) is 0. The largest absolute Gasteiger partial charge is 0.472 e. The topological polar surface area (TPSA) is 149 Å². The summed E-state index contributed by atoms with van der Waals surface area (Å²) in [6.45, 7) is 3.72. The Bertz CT molecular complexity index is 1050. The van der Waals surface area contributed by atoms with Crippen LogP contribution in [0.2, 0.25) is 0 Å². The molecule has 0 heterocycles. The van der Waals surface area contributed by atoms with Crippen LogP contribution in [-0.2, 0) is 32.7 Å². The van der Waals surface area contributed by atoms with E-state index in [2.05, 4.69) is 66.6 Å². The van der Waals surface area contributed by atoms with Crippen molar-refractivity contribution in [2.45, 2.75) is 167 Å². The first-order valence-electron chi connectivity index (χ1n) is 20.2. The number of esters is 2. The predicted molar refractivity (Wildman–Crippen MR) is 214 cm³/mol. The fourth-order valence-corrected chi connectivity index (χ4v) is 5.99. The van der Waals surface area contributed by atoms with Crippen molar-refractivity contribution in [3.8, 4) is 0 Å². The van der Waals surface area contributed by atoms with E-state index in [1.165, 1.54) is 57.8 Å². The first-order chi connectivity index (χ1) is 25.7. The number of aliphatic hydroxyl groups is 2. The molecule has 0 fully saturated rings. The molecule has 0 rings (SSSR count). The Kier molecular flexibility index (Phi) is 36.3. The van der Waals surface area contributed by atoms with Crippen molar-refractivity contribution >= 4 is 19.8 Å². The molecule has 1 unspecified atom stereocenters. The maximum atomic E-state index is 12.6. The Hall–Kier alpha value is -2.33. The fraction of sp³-hybridized carbons (Fsp3) is 0.714. The standard InChI is InChI=1S/C42H73O10P/c1-3-5-7-9-11-13-15-17-19-21-23-25-27-29-31-33-41(45)49-37-40(38-51-53(47,48)50-36-39(44)35-43)52-42(46)34-32-30-28-26-24-22-20-18-16-14-12-10-8-6-4-2/h4-5,7,11,13,17,19,23,25,39-40,43-44H,2-3,6,8-10,12,14-16,18,20-22,24,26-38H2,1H3,(H,47,48)/b7-5+,13-11+,19-17+,25-23+/t39-,40+/m0/s1. The number of rotatable bonds is 38. The molecule has 53 heavy (non-hydrogen) atoms. The normalized spacial score (nSPS) is 14.3. The maximum absolute atomic E-state index is 12.6. The molecule has 0 radical (unpaired) electrons. The summed E-state index contributed by atoms with van der Waals surface area (Å²) >= 11 is 0. The molecule has 0 aliphatic rings. The lowest BCUT2D eigenvalue weighted by Gasteiger charge is -2.20. The van der Waals surface area contributed by atoms with Crippen LogP contribution < -0.4 is 0 Å². The van der Waals surface area contributed by atoms with Gasteiger partial charge in [0.15, 0.2) is 6.10 Å². The van der Waals surface area contributed by atoms with Gasteiger partial charge < -0.3 is 24.6 Å². The number of carbonyl (C=O) groups excluding carboxylic acids is 2. The van der Waals surface area contributed by atoms with Crippen LogP contribution >= 0.6 is 7.82 Å². The van der Waals surface area contributed by atoms with Crippen molar-refractivity contribution in [1.82, 2.24) is 0 Å². The fourth-order valence-electron chi connectivity index (χ4n) is 5.20. The number of unbranched alkanes of at least 4 members (excludes halogenated alkanes) is 15. The highest BCUT2D eigenvalue weighted by molar-refractivity contribution is 7.47. The van der Waals surface area contributed by atoms with E-state index in [-0.39, 0.29) is 19.4 Å². The van der Waals surface area contributed by atoms with E-state index >= 15 is 0 Å². The Morgan fingerprint density at radius 3 is 1.62 bits per heavy atom. The molecule has 11 heteroatoms. The third kappa shape index (κ3) is 37.8. The van der Waals surface area contributed by atoms with Crippen LogP contribution in [0.3, 0.4) is 0 Å². The van der Waals surface area contributed by atoms with Crippen LogP contribution in [-0.4, -0.2) is 65.7 Å². The van der Waals surface area contributed by atoms with Gasteiger partial charge in [0.05, 0.1) is 19.8 Å². The van der Waals surface area contributed by atoms with Crippen LogP contribution in [0, 0.1) is 0 Å². The van der Waals surface area contributed by atoms with Gasteiger partial charge in [-0.3, -0.25) is 18.6 Å². The average Bonchev–Trinajstić information content (AvgIpc) is 3.14. The van der Waals surface area contributed by atoms with Gasteiger partial charge >= 0.3 is 19.8 Å². The van der Waals surface area contributed by atoms with E-state index in [1.807, 2.05) is 6.08 Å². The molecule has 3 N–H and O–H groups in total. The highest BCUT2D eigenvalue weighted by Crippen LogP contribution is 2.43. The number of aliphatic hydroxyl groups excluding tert-OH is 2. The lowest BCUT2D eigenvalue weighted by atomic mass is 10.0. The van der Waals surface area contributed by atoms with Gasteiger partial charge in [-0.15, -0.1) is 6.58 Å². The lowest BCUT2D eigenvalue weighted by Crippen LogP contribution is -2.29. The van der Waals surface area contributed by atoms with Gasteiger partial charge in [-0.2, -0.15) is 0 Å². The van der Waals surface area contributed by atoms with Crippen molar-refractivity contribution in [3.63, 3.8) is 0 Å². The molecule has 0 aliphatic heterocycles. The van der Waals surface area contributed by atoms with E-state index in [4.69, 9.17) is 19.1 Å². The van der Waals surface area contributed by atoms with E-state index in [0.29, 0.717) is 12.8 Å². The number of phosphoric acid groups is 1. The average molecular weight is 769 g/mol. The zero-order chi connectivity index (χ0) is 39.1. The first kappa shape index (κ1) is 50.7. The summed E-state index contributed by atoms with van der Waals surface area (Å²) in [4.78, 5) is 34.9. The van der Waals surface area contributed by atoms with Crippen LogP contribution in [0.15, 0.2) is 61.3 Å². The Balaban J connectivity index is 4.39. The molecule has 0 aromatic heterocycles.